The van der Waals surface area contributed by atoms with Crippen LogP contribution in [0.2, 0.25) is 0 Å². The first-order valence-corrected chi connectivity index (χ1v) is 6.14. The minimum absolute atomic E-state index is 0.129. The molecule has 1 nitrogen and oxygen atoms in total. The lowest BCUT2D eigenvalue weighted by Gasteiger charge is -2.13. The largest absolute Gasteiger partial charge is 0.417 e. The smallest absolute Gasteiger partial charge is 0.193 e. The summed E-state index contributed by atoms with van der Waals surface area (Å²) in [6.07, 6.45) is -4.24. The van der Waals surface area contributed by atoms with Crippen molar-refractivity contribution in [3.05, 3.63) is 39.4 Å². The minimum atomic E-state index is -4.52. The second-order valence-corrected chi connectivity index (χ2v) is 4.74. The lowest BCUT2D eigenvalue weighted by molar-refractivity contribution is -0.137. The van der Waals surface area contributed by atoms with E-state index >= 15 is 0 Å². The van der Waals surface area contributed by atoms with Crippen LogP contribution in [0, 0.1) is 11.3 Å². The van der Waals surface area contributed by atoms with Gasteiger partial charge in [0.25, 0.3) is 0 Å². The van der Waals surface area contributed by atoms with E-state index < -0.39 is 11.7 Å². The molecule has 96 valence electrons. The third-order valence-electron chi connectivity index (χ3n) is 2.28. The van der Waals surface area contributed by atoms with Crippen LogP contribution < -0.4 is 0 Å². The van der Waals surface area contributed by atoms with Crippen molar-refractivity contribution in [3.8, 4) is 6.07 Å². The van der Waals surface area contributed by atoms with Gasteiger partial charge in [0.2, 0.25) is 0 Å². The summed E-state index contributed by atoms with van der Waals surface area (Å²) in [5.41, 5.74) is -0.904. The van der Waals surface area contributed by atoms with Gasteiger partial charge in [0.1, 0.15) is 0 Å². The van der Waals surface area contributed by atoms with Crippen molar-refractivity contribution in [1.82, 2.24) is 0 Å². The van der Waals surface area contributed by atoms with Crippen LogP contribution in [0.1, 0.15) is 24.5 Å². The summed E-state index contributed by atoms with van der Waals surface area (Å²) in [6.45, 7) is 1.66. The summed E-state index contributed by atoms with van der Waals surface area (Å²) < 4.78 is 38.9. The fourth-order valence-electron chi connectivity index (χ4n) is 1.39. The van der Waals surface area contributed by atoms with E-state index in [1.165, 1.54) is 12.1 Å². The number of rotatable bonds is 2. The van der Waals surface area contributed by atoms with Gasteiger partial charge in [-0.2, -0.15) is 18.4 Å². The van der Waals surface area contributed by atoms with Crippen molar-refractivity contribution in [3.63, 3.8) is 0 Å². The standard InChI is InChI=1S/C12H8BrClF3N/c1-2-7(6-18)11(14)9-4-3-8(13)5-10(9)12(15,16)17/h3-5H,2H2,1H3/b11-7-. The van der Waals surface area contributed by atoms with Gasteiger partial charge in [-0.15, -0.1) is 0 Å². The summed E-state index contributed by atoms with van der Waals surface area (Å²) in [5, 5.41) is 8.67. The predicted molar refractivity (Wildman–Crippen MR) is 67.8 cm³/mol. The highest BCUT2D eigenvalue weighted by Crippen LogP contribution is 2.39. The topological polar surface area (TPSA) is 23.8 Å². The Morgan fingerprint density at radius 3 is 2.50 bits per heavy atom. The van der Waals surface area contributed by atoms with Crippen LogP contribution in [-0.2, 0) is 6.18 Å². The zero-order valence-electron chi connectivity index (χ0n) is 9.28. The summed E-state index contributed by atoms with van der Waals surface area (Å²) in [7, 11) is 0. The Morgan fingerprint density at radius 1 is 1.44 bits per heavy atom. The monoisotopic (exact) mass is 337 g/mol. The molecule has 0 unspecified atom stereocenters. The van der Waals surface area contributed by atoms with Gasteiger partial charge >= 0.3 is 6.18 Å². The van der Waals surface area contributed by atoms with Gasteiger partial charge in [-0.1, -0.05) is 40.5 Å². The fraction of sp³-hybridized carbons (Fsp3) is 0.250. The van der Waals surface area contributed by atoms with Crippen LogP contribution in [0.25, 0.3) is 5.03 Å². The molecule has 1 aromatic carbocycles. The number of benzene rings is 1. The van der Waals surface area contributed by atoms with E-state index in [0.717, 1.165) is 6.07 Å². The number of halogens is 5. The van der Waals surface area contributed by atoms with E-state index in [1.807, 2.05) is 6.07 Å². The van der Waals surface area contributed by atoms with E-state index in [-0.39, 0.29) is 22.6 Å². The quantitative estimate of drug-likeness (QED) is 0.667. The molecule has 0 spiro atoms. The summed E-state index contributed by atoms with van der Waals surface area (Å²) in [4.78, 5) is 0. The first-order chi connectivity index (χ1) is 8.31. The number of hydrogen-bond donors (Lipinski definition) is 0. The highest BCUT2D eigenvalue weighted by Gasteiger charge is 2.34. The molecule has 0 bridgehead atoms. The third kappa shape index (κ3) is 3.27. The molecule has 0 saturated carbocycles. The van der Waals surface area contributed by atoms with Crippen LogP contribution in [0.5, 0.6) is 0 Å². The molecular weight excluding hydrogens is 330 g/mol. The third-order valence-corrected chi connectivity index (χ3v) is 3.20. The Labute approximate surface area is 116 Å². The van der Waals surface area contributed by atoms with Gasteiger partial charge < -0.3 is 0 Å². The molecule has 0 aliphatic carbocycles. The van der Waals surface area contributed by atoms with Crippen molar-refractivity contribution in [2.75, 3.05) is 0 Å². The van der Waals surface area contributed by atoms with Gasteiger partial charge in [-0.05, 0) is 18.6 Å². The number of hydrogen-bond acceptors (Lipinski definition) is 1. The molecule has 0 amide bonds. The molecule has 6 heteroatoms. The zero-order chi connectivity index (χ0) is 13.9. The molecule has 1 rings (SSSR count). The molecule has 1 aromatic rings. The summed E-state index contributed by atoms with van der Waals surface area (Å²) >= 11 is 8.86. The summed E-state index contributed by atoms with van der Waals surface area (Å²) in [6, 6.07) is 5.47. The number of nitriles is 1. The van der Waals surface area contributed by atoms with Gasteiger partial charge in [-0.25, -0.2) is 0 Å². The second-order valence-electron chi connectivity index (χ2n) is 3.45. The van der Waals surface area contributed by atoms with E-state index in [4.69, 9.17) is 16.9 Å². The molecular formula is C12H8BrClF3N. The molecule has 0 radical (unpaired) electrons. The van der Waals surface area contributed by atoms with Crippen LogP contribution in [-0.4, -0.2) is 0 Å². The summed E-state index contributed by atoms with van der Waals surface area (Å²) in [5.74, 6) is 0. The Hall–Kier alpha value is -0.990. The van der Waals surface area contributed by atoms with Crippen LogP contribution in [0.3, 0.4) is 0 Å². The van der Waals surface area contributed by atoms with Gasteiger partial charge in [0, 0.05) is 15.6 Å². The van der Waals surface area contributed by atoms with Crippen molar-refractivity contribution in [2.45, 2.75) is 19.5 Å². The van der Waals surface area contributed by atoms with Crippen molar-refractivity contribution in [2.24, 2.45) is 0 Å². The molecule has 0 aliphatic heterocycles. The molecule has 0 fully saturated rings. The molecule has 0 aromatic heterocycles. The van der Waals surface area contributed by atoms with E-state index in [2.05, 4.69) is 15.9 Å². The maximum atomic E-state index is 12.9. The van der Waals surface area contributed by atoms with Gasteiger partial charge in [0.15, 0.2) is 0 Å². The maximum absolute atomic E-state index is 12.9. The van der Waals surface area contributed by atoms with Crippen molar-refractivity contribution in [1.29, 1.82) is 5.26 Å². The lowest BCUT2D eigenvalue weighted by Crippen LogP contribution is -2.08. The highest BCUT2D eigenvalue weighted by molar-refractivity contribution is 9.10. The molecule has 0 atom stereocenters. The van der Waals surface area contributed by atoms with E-state index in [9.17, 15) is 13.2 Å². The van der Waals surface area contributed by atoms with Crippen molar-refractivity contribution >= 4 is 32.6 Å². The lowest BCUT2D eigenvalue weighted by atomic mass is 10.0. The second kappa shape index (κ2) is 5.77. The Bertz CT molecular complexity index is 529. The zero-order valence-corrected chi connectivity index (χ0v) is 11.6. The van der Waals surface area contributed by atoms with Crippen molar-refractivity contribution < 1.29 is 13.2 Å². The van der Waals surface area contributed by atoms with E-state index in [0.29, 0.717) is 4.47 Å². The SMILES string of the molecule is CC/C(C#N)=C(/Cl)c1ccc(Br)cc1C(F)(F)F. The van der Waals surface area contributed by atoms with Crippen LogP contribution in [0.4, 0.5) is 13.2 Å². The Morgan fingerprint density at radius 2 is 2.06 bits per heavy atom. The van der Waals surface area contributed by atoms with Crippen LogP contribution >= 0.6 is 27.5 Å². The number of alkyl halides is 3. The van der Waals surface area contributed by atoms with Crippen LogP contribution in [0.15, 0.2) is 28.2 Å². The fourth-order valence-corrected chi connectivity index (χ4v) is 2.09. The predicted octanol–water partition coefficient (Wildman–Crippen LogP) is 5.35. The Kier molecular flexibility index (Phi) is 4.83. The van der Waals surface area contributed by atoms with Gasteiger partial charge in [0.05, 0.1) is 16.7 Å². The number of nitrogens with zero attached hydrogens (tertiary/aromatic N) is 1. The maximum Gasteiger partial charge on any atom is 0.417 e. The first-order valence-electron chi connectivity index (χ1n) is 4.97. The van der Waals surface area contributed by atoms with E-state index in [1.54, 1.807) is 6.92 Å². The molecule has 0 heterocycles. The molecule has 0 N–H and O–H groups in total. The molecule has 18 heavy (non-hydrogen) atoms. The first kappa shape index (κ1) is 15.1. The average Bonchev–Trinajstić information content (AvgIpc) is 2.29. The molecule has 0 saturated heterocycles. The molecule has 0 aliphatic rings. The minimum Gasteiger partial charge on any atom is -0.193 e. The number of allylic oxidation sites excluding steroid dienone is 1. The Balaban J connectivity index is 3.53. The normalized spacial score (nSPS) is 12.9. The van der Waals surface area contributed by atoms with Gasteiger partial charge in [-0.3, -0.25) is 0 Å². The highest BCUT2D eigenvalue weighted by atomic mass is 79.9. The average molecular weight is 339 g/mol.